The van der Waals surface area contributed by atoms with Gasteiger partial charge >= 0.3 is 5.97 Å². The SMILES string of the molecule is COC(=O)c1ccc(F)cc1NCc1cc(Cl)ccc1Br. The van der Waals surface area contributed by atoms with E-state index in [-0.39, 0.29) is 5.56 Å². The fourth-order valence-electron chi connectivity index (χ4n) is 1.82. The third-order valence-electron chi connectivity index (χ3n) is 2.86. The van der Waals surface area contributed by atoms with Crippen molar-refractivity contribution >= 4 is 39.2 Å². The highest BCUT2D eigenvalue weighted by molar-refractivity contribution is 9.10. The highest BCUT2D eigenvalue weighted by Gasteiger charge is 2.13. The molecule has 0 aliphatic carbocycles. The lowest BCUT2D eigenvalue weighted by Gasteiger charge is -2.12. The minimum atomic E-state index is -0.525. The monoisotopic (exact) mass is 371 g/mol. The van der Waals surface area contributed by atoms with Gasteiger partial charge in [0, 0.05) is 16.0 Å². The molecule has 0 fully saturated rings. The Hall–Kier alpha value is -1.59. The summed E-state index contributed by atoms with van der Waals surface area (Å²) in [6, 6.07) is 9.23. The molecule has 2 aromatic carbocycles. The zero-order valence-electron chi connectivity index (χ0n) is 11.1. The predicted molar refractivity (Wildman–Crippen MR) is 84.2 cm³/mol. The van der Waals surface area contributed by atoms with Crippen molar-refractivity contribution in [2.75, 3.05) is 12.4 Å². The van der Waals surface area contributed by atoms with Crippen LogP contribution in [0, 0.1) is 5.82 Å². The smallest absolute Gasteiger partial charge is 0.339 e. The van der Waals surface area contributed by atoms with Gasteiger partial charge in [0.15, 0.2) is 0 Å². The normalized spacial score (nSPS) is 10.3. The average Bonchev–Trinajstić information content (AvgIpc) is 2.47. The van der Waals surface area contributed by atoms with Crippen LogP contribution in [0.15, 0.2) is 40.9 Å². The first-order chi connectivity index (χ1) is 10.0. The Labute approximate surface area is 135 Å². The molecule has 0 aliphatic rings. The summed E-state index contributed by atoms with van der Waals surface area (Å²) in [6.07, 6.45) is 0. The number of ether oxygens (including phenoxy) is 1. The molecule has 21 heavy (non-hydrogen) atoms. The number of carbonyl (C=O) groups is 1. The molecule has 0 radical (unpaired) electrons. The van der Waals surface area contributed by atoms with Crippen molar-refractivity contribution < 1.29 is 13.9 Å². The van der Waals surface area contributed by atoms with Crippen molar-refractivity contribution in [1.82, 2.24) is 0 Å². The van der Waals surface area contributed by atoms with Crippen LogP contribution in [0.3, 0.4) is 0 Å². The minimum absolute atomic E-state index is 0.275. The summed E-state index contributed by atoms with van der Waals surface area (Å²) in [5.74, 6) is -0.960. The third kappa shape index (κ3) is 3.95. The van der Waals surface area contributed by atoms with Crippen LogP contribution in [0.2, 0.25) is 5.02 Å². The van der Waals surface area contributed by atoms with Gasteiger partial charge < -0.3 is 10.1 Å². The molecule has 0 atom stereocenters. The maximum Gasteiger partial charge on any atom is 0.339 e. The van der Waals surface area contributed by atoms with Crippen LogP contribution < -0.4 is 5.32 Å². The lowest BCUT2D eigenvalue weighted by atomic mass is 10.1. The zero-order valence-corrected chi connectivity index (χ0v) is 13.5. The highest BCUT2D eigenvalue weighted by atomic mass is 79.9. The summed E-state index contributed by atoms with van der Waals surface area (Å²) < 4.78 is 18.9. The molecule has 6 heteroatoms. The predicted octanol–water partition coefficient (Wildman–Crippen LogP) is 4.64. The van der Waals surface area contributed by atoms with E-state index in [1.165, 1.54) is 25.3 Å². The van der Waals surface area contributed by atoms with Crippen molar-refractivity contribution in [3.05, 3.63) is 62.8 Å². The summed E-state index contributed by atoms with van der Waals surface area (Å²) in [7, 11) is 1.28. The van der Waals surface area contributed by atoms with Gasteiger partial charge in [-0.2, -0.15) is 0 Å². The van der Waals surface area contributed by atoms with Crippen LogP contribution in [0.4, 0.5) is 10.1 Å². The van der Waals surface area contributed by atoms with Crippen LogP contribution in [0.1, 0.15) is 15.9 Å². The molecule has 3 nitrogen and oxygen atoms in total. The molecule has 0 saturated carbocycles. The van der Waals surface area contributed by atoms with E-state index in [4.69, 9.17) is 11.6 Å². The summed E-state index contributed by atoms with van der Waals surface area (Å²) in [4.78, 5) is 11.7. The second-order valence-electron chi connectivity index (χ2n) is 4.27. The van der Waals surface area contributed by atoms with Gasteiger partial charge in [0.2, 0.25) is 0 Å². The maximum absolute atomic E-state index is 13.4. The van der Waals surface area contributed by atoms with Gasteiger partial charge in [-0.05, 0) is 42.0 Å². The van der Waals surface area contributed by atoms with Gasteiger partial charge in [-0.3, -0.25) is 0 Å². The summed E-state index contributed by atoms with van der Waals surface area (Å²) in [6.45, 7) is 0.384. The highest BCUT2D eigenvalue weighted by Crippen LogP contribution is 2.24. The van der Waals surface area contributed by atoms with Crippen LogP contribution in [-0.2, 0) is 11.3 Å². The fraction of sp³-hybridized carbons (Fsp3) is 0.133. The Bertz CT molecular complexity index is 679. The lowest BCUT2D eigenvalue weighted by molar-refractivity contribution is 0.0602. The van der Waals surface area contributed by atoms with Crippen LogP contribution >= 0.6 is 27.5 Å². The van der Waals surface area contributed by atoms with Crippen molar-refractivity contribution in [2.45, 2.75) is 6.54 Å². The Kier molecular flexibility index (Phi) is 5.20. The van der Waals surface area contributed by atoms with E-state index in [0.717, 1.165) is 10.0 Å². The molecule has 0 unspecified atom stereocenters. The summed E-state index contributed by atoms with van der Waals surface area (Å²) in [5.41, 5.74) is 1.54. The number of esters is 1. The number of anilines is 1. The molecule has 2 aromatic rings. The topological polar surface area (TPSA) is 38.3 Å². The molecule has 0 spiro atoms. The molecule has 110 valence electrons. The largest absolute Gasteiger partial charge is 0.465 e. The van der Waals surface area contributed by atoms with Crippen LogP contribution in [-0.4, -0.2) is 13.1 Å². The fourth-order valence-corrected chi connectivity index (χ4v) is 2.40. The molecule has 0 bridgehead atoms. The molecular formula is C15H12BrClFNO2. The number of halogens is 3. The first-order valence-corrected chi connectivity index (χ1v) is 7.24. The van der Waals surface area contributed by atoms with E-state index >= 15 is 0 Å². The van der Waals surface area contributed by atoms with Gasteiger partial charge in [0.1, 0.15) is 5.82 Å². The van der Waals surface area contributed by atoms with Gasteiger partial charge in [-0.1, -0.05) is 27.5 Å². The molecule has 1 N–H and O–H groups in total. The second-order valence-corrected chi connectivity index (χ2v) is 5.56. The lowest BCUT2D eigenvalue weighted by Crippen LogP contribution is -2.09. The Balaban J connectivity index is 2.25. The zero-order chi connectivity index (χ0) is 15.4. The average molecular weight is 373 g/mol. The third-order valence-corrected chi connectivity index (χ3v) is 3.87. The molecule has 0 amide bonds. The molecule has 0 aromatic heterocycles. The van der Waals surface area contributed by atoms with E-state index in [0.29, 0.717) is 17.3 Å². The molecule has 2 rings (SSSR count). The van der Waals surface area contributed by atoms with Crippen molar-refractivity contribution in [3.8, 4) is 0 Å². The van der Waals surface area contributed by atoms with E-state index in [9.17, 15) is 9.18 Å². The number of benzene rings is 2. The first kappa shape index (κ1) is 15.8. The van der Waals surface area contributed by atoms with Crippen LogP contribution in [0.25, 0.3) is 0 Å². The van der Waals surface area contributed by atoms with Crippen molar-refractivity contribution in [2.24, 2.45) is 0 Å². The molecule has 0 heterocycles. The Morgan fingerprint density at radius 3 is 2.81 bits per heavy atom. The quantitative estimate of drug-likeness (QED) is 0.795. The summed E-state index contributed by atoms with van der Waals surface area (Å²) in [5, 5.41) is 3.62. The first-order valence-electron chi connectivity index (χ1n) is 6.07. The molecular weight excluding hydrogens is 361 g/mol. The molecule has 0 saturated heterocycles. The van der Waals surface area contributed by atoms with Crippen molar-refractivity contribution in [3.63, 3.8) is 0 Å². The van der Waals surface area contributed by atoms with Crippen LogP contribution in [0.5, 0.6) is 0 Å². The number of rotatable bonds is 4. The van der Waals surface area contributed by atoms with E-state index < -0.39 is 11.8 Å². The number of methoxy groups -OCH3 is 1. The Morgan fingerprint density at radius 2 is 2.10 bits per heavy atom. The number of carbonyl (C=O) groups excluding carboxylic acids is 1. The van der Waals surface area contributed by atoms with E-state index in [1.54, 1.807) is 12.1 Å². The molecule has 0 aliphatic heterocycles. The Morgan fingerprint density at radius 1 is 1.33 bits per heavy atom. The van der Waals surface area contributed by atoms with Gasteiger partial charge in [0.05, 0.1) is 18.4 Å². The minimum Gasteiger partial charge on any atom is -0.465 e. The van der Waals surface area contributed by atoms with Gasteiger partial charge in [0.25, 0.3) is 0 Å². The standard InChI is InChI=1S/C15H12BrClFNO2/c1-21-15(20)12-4-3-11(18)7-14(12)19-8-9-6-10(17)2-5-13(9)16/h2-7,19H,8H2,1H3. The maximum atomic E-state index is 13.4. The number of hydrogen-bond donors (Lipinski definition) is 1. The summed E-state index contributed by atoms with van der Waals surface area (Å²) >= 11 is 9.36. The van der Waals surface area contributed by atoms with E-state index in [1.807, 2.05) is 6.07 Å². The number of nitrogens with one attached hydrogen (secondary N) is 1. The van der Waals surface area contributed by atoms with E-state index in [2.05, 4.69) is 26.0 Å². The number of hydrogen-bond acceptors (Lipinski definition) is 3. The van der Waals surface area contributed by atoms with Gasteiger partial charge in [-0.25, -0.2) is 9.18 Å². The van der Waals surface area contributed by atoms with Crippen molar-refractivity contribution in [1.29, 1.82) is 0 Å². The second kappa shape index (κ2) is 6.91. The van der Waals surface area contributed by atoms with Gasteiger partial charge in [-0.15, -0.1) is 0 Å².